The Morgan fingerprint density at radius 2 is 2.07 bits per heavy atom. The third-order valence-corrected chi connectivity index (χ3v) is 4.79. The van der Waals surface area contributed by atoms with Crippen LogP contribution < -0.4 is 4.90 Å². The van der Waals surface area contributed by atoms with Gasteiger partial charge in [-0.05, 0) is 57.8 Å². The number of piperazine rings is 1. The summed E-state index contributed by atoms with van der Waals surface area (Å²) >= 11 is 6.15. The van der Waals surface area contributed by atoms with Crippen LogP contribution in [0.2, 0.25) is 5.28 Å². The monoisotopic (exact) mass is 391 g/mol. The maximum absolute atomic E-state index is 12.7. The van der Waals surface area contributed by atoms with Gasteiger partial charge in [0.15, 0.2) is 5.82 Å². The van der Waals surface area contributed by atoms with Gasteiger partial charge >= 0.3 is 6.09 Å². The molecule has 0 aliphatic carbocycles. The van der Waals surface area contributed by atoms with Crippen LogP contribution in [0.15, 0.2) is 18.3 Å². The molecule has 1 aliphatic rings. The number of hydrogen-bond acceptors (Lipinski definition) is 6. The first-order valence-electron chi connectivity index (χ1n) is 9.24. The summed E-state index contributed by atoms with van der Waals surface area (Å²) in [6.07, 6.45) is 2.26. The lowest BCUT2D eigenvalue weighted by molar-refractivity contribution is 0.0106. The summed E-state index contributed by atoms with van der Waals surface area (Å²) < 4.78 is 5.60. The number of rotatable bonds is 2. The van der Waals surface area contributed by atoms with E-state index in [1.807, 2.05) is 37.8 Å². The molecule has 0 bridgehead atoms. The number of carbonyl (C=O) groups excluding carboxylic acids is 1. The quantitative estimate of drug-likeness (QED) is 0.723. The highest BCUT2D eigenvalue weighted by Crippen LogP contribution is 2.29. The first kappa shape index (κ1) is 19.6. The molecule has 2 atom stereocenters. The van der Waals surface area contributed by atoms with Gasteiger partial charge in [-0.25, -0.2) is 9.78 Å². The molecule has 0 aromatic carbocycles. The van der Waals surface area contributed by atoms with Crippen molar-refractivity contribution in [1.82, 2.24) is 19.9 Å². The third-order valence-electron chi connectivity index (χ3n) is 4.62. The lowest BCUT2D eigenvalue weighted by Crippen LogP contribution is -2.60. The minimum atomic E-state index is -0.518. The number of halogens is 1. The zero-order chi connectivity index (χ0) is 19.8. The Kier molecular flexibility index (Phi) is 5.42. The highest BCUT2D eigenvalue weighted by Gasteiger charge is 2.37. The van der Waals surface area contributed by atoms with Crippen LogP contribution in [0.25, 0.3) is 11.0 Å². The summed E-state index contributed by atoms with van der Waals surface area (Å²) in [6.45, 7) is 11.0. The van der Waals surface area contributed by atoms with Gasteiger partial charge in [-0.3, -0.25) is 4.98 Å². The molecule has 0 radical (unpaired) electrons. The molecule has 7 nitrogen and oxygen atoms in total. The molecular formula is C19H26ClN5O2. The standard InChI is InChI=1S/C19H26ClN5O2/c1-6-13-11-24(12(2)10-25(13)18(26)27-19(3,4)5)16-15-14(8-7-9-21-15)22-17(20)23-16/h7-9,12-13H,6,10-11H2,1-5H3/t12-,13+/m0/s1. The SMILES string of the molecule is CC[C@@H]1CN(c2nc(Cl)nc3cccnc23)[C@@H](C)CN1C(=O)OC(C)(C)C. The van der Waals surface area contributed by atoms with Crippen molar-refractivity contribution in [2.75, 3.05) is 18.0 Å². The van der Waals surface area contributed by atoms with Crippen molar-refractivity contribution in [2.45, 2.75) is 58.7 Å². The minimum absolute atomic E-state index is 0.0172. The second-order valence-corrected chi connectivity index (χ2v) is 8.22. The van der Waals surface area contributed by atoms with Crippen molar-refractivity contribution in [3.63, 3.8) is 0 Å². The molecule has 2 aromatic heterocycles. The van der Waals surface area contributed by atoms with Crippen LogP contribution in [0.5, 0.6) is 0 Å². The molecule has 8 heteroatoms. The Hall–Kier alpha value is -2.15. The van der Waals surface area contributed by atoms with Gasteiger partial charge in [-0.2, -0.15) is 4.98 Å². The van der Waals surface area contributed by atoms with Crippen molar-refractivity contribution in [3.05, 3.63) is 23.6 Å². The van der Waals surface area contributed by atoms with Gasteiger partial charge in [0.05, 0.1) is 11.6 Å². The summed E-state index contributed by atoms with van der Waals surface area (Å²) in [5.41, 5.74) is 0.910. The van der Waals surface area contributed by atoms with E-state index in [1.165, 1.54) is 0 Å². The van der Waals surface area contributed by atoms with Crippen molar-refractivity contribution >= 4 is 34.5 Å². The van der Waals surface area contributed by atoms with Gasteiger partial charge in [0.25, 0.3) is 0 Å². The smallest absolute Gasteiger partial charge is 0.410 e. The van der Waals surface area contributed by atoms with E-state index in [9.17, 15) is 4.79 Å². The molecule has 0 saturated carbocycles. The number of ether oxygens (including phenoxy) is 1. The molecule has 0 spiro atoms. The molecule has 1 aliphatic heterocycles. The van der Waals surface area contributed by atoms with Crippen molar-refractivity contribution < 1.29 is 9.53 Å². The summed E-state index contributed by atoms with van der Waals surface area (Å²) in [6, 6.07) is 3.76. The molecule has 27 heavy (non-hydrogen) atoms. The van der Waals surface area contributed by atoms with Crippen molar-refractivity contribution in [1.29, 1.82) is 0 Å². The van der Waals surface area contributed by atoms with Crippen molar-refractivity contribution in [3.8, 4) is 0 Å². The van der Waals surface area contributed by atoms with E-state index in [4.69, 9.17) is 16.3 Å². The van der Waals surface area contributed by atoms with E-state index in [-0.39, 0.29) is 23.5 Å². The Morgan fingerprint density at radius 1 is 1.33 bits per heavy atom. The van der Waals surface area contributed by atoms with E-state index < -0.39 is 5.60 Å². The Bertz CT molecular complexity index is 838. The fraction of sp³-hybridized carbons (Fsp3) is 0.579. The maximum atomic E-state index is 12.7. The average Bonchev–Trinajstić information content (AvgIpc) is 2.59. The Labute approximate surface area is 164 Å². The van der Waals surface area contributed by atoms with E-state index in [2.05, 4.69) is 33.7 Å². The maximum Gasteiger partial charge on any atom is 0.410 e. The van der Waals surface area contributed by atoms with E-state index in [0.717, 1.165) is 6.42 Å². The van der Waals surface area contributed by atoms with Gasteiger partial charge in [0, 0.05) is 25.3 Å². The van der Waals surface area contributed by atoms with Gasteiger partial charge in [-0.15, -0.1) is 0 Å². The zero-order valence-electron chi connectivity index (χ0n) is 16.4. The van der Waals surface area contributed by atoms with Crippen LogP contribution in [-0.2, 0) is 4.74 Å². The van der Waals surface area contributed by atoms with E-state index in [0.29, 0.717) is 29.9 Å². The summed E-state index contributed by atoms with van der Waals surface area (Å²) in [5, 5.41) is 0.195. The molecular weight excluding hydrogens is 366 g/mol. The minimum Gasteiger partial charge on any atom is -0.444 e. The third kappa shape index (κ3) is 4.24. The lowest BCUT2D eigenvalue weighted by Gasteiger charge is -2.45. The Morgan fingerprint density at radius 3 is 2.74 bits per heavy atom. The first-order chi connectivity index (χ1) is 12.7. The zero-order valence-corrected chi connectivity index (χ0v) is 17.2. The van der Waals surface area contributed by atoms with E-state index in [1.54, 1.807) is 6.20 Å². The summed E-state index contributed by atoms with van der Waals surface area (Å²) in [7, 11) is 0. The number of aromatic nitrogens is 3. The average molecular weight is 392 g/mol. The van der Waals surface area contributed by atoms with Crippen LogP contribution in [0, 0.1) is 0 Å². The molecule has 0 unspecified atom stereocenters. The van der Waals surface area contributed by atoms with Gasteiger partial charge in [0.2, 0.25) is 5.28 Å². The summed E-state index contributed by atoms with van der Waals surface area (Å²) in [4.78, 5) is 29.8. The second kappa shape index (κ2) is 7.46. The number of fused-ring (bicyclic) bond motifs is 1. The van der Waals surface area contributed by atoms with Crippen LogP contribution in [0.1, 0.15) is 41.0 Å². The lowest BCUT2D eigenvalue weighted by atomic mass is 10.1. The molecule has 2 aromatic rings. The summed E-state index contributed by atoms with van der Waals surface area (Å²) in [5.74, 6) is 0.709. The fourth-order valence-electron chi connectivity index (χ4n) is 3.35. The largest absolute Gasteiger partial charge is 0.444 e. The van der Waals surface area contributed by atoms with Gasteiger partial charge in [0.1, 0.15) is 11.1 Å². The predicted molar refractivity (Wildman–Crippen MR) is 106 cm³/mol. The highest BCUT2D eigenvalue weighted by molar-refractivity contribution is 6.28. The molecule has 1 fully saturated rings. The number of amides is 1. The number of pyridine rings is 1. The topological polar surface area (TPSA) is 71.5 Å². The first-order valence-corrected chi connectivity index (χ1v) is 9.62. The van der Waals surface area contributed by atoms with E-state index >= 15 is 0 Å². The fourth-order valence-corrected chi connectivity index (χ4v) is 3.52. The van der Waals surface area contributed by atoms with Gasteiger partial charge < -0.3 is 14.5 Å². The van der Waals surface area contributed by atoms with Crippen LogP contribution in [-0.4, -0.2) is 56.7 Å². The molecule has 1 saturated heterocycles. The molecule has 0 N–H and O–H groups in total. The normalized spacial score (nSPS) is 20.8. The molecule has 1 amide bonds. The number of anilines is 1. The molecule has 146 valence electrons. The second-order valence-electron chi connectivity index (χ2n) is 7.88. The Balaban J connectivity index is 1.91. The number of nitrogens with zero attached hydrogens (tertiary/aromatic N) is 5. The van der Waals surface area contributed by atoms with Crippen LogP contribution in [0.4, 0.5) is 10.6 Å². The highest BCUT2D eigenvalue weighted by atomic mass is 35.5. The van der Waals surface area contributed by atoms with Crippen LogP contribution >= 0.6 is 11.6 Å². The van der Waals surface area contributed by atoms with Gasteiger partial charge in [-0.1, -0.05) is 6.92 Å². The molecule has 3 rings (SSSR count). The van der Waals surface area contributed by atoms with Crippen LogP contribution in [0.3, 0.4) is 0 Å². The molecule has 3 heterocycles. The van der Waals surface area contributed by atoms with Crippen molar-refractivity contribution in [2.24, 2.45) is 0 Å². The predicted octanol–water partition coefficient (Wildman–Crippen LogP) is 3.90. The number of hydrogen-bond donors (Lipinski definition) is 0. The number of carbonyl (C=O) groups is 1.